The maximum Gasteiger partial charge on any atom is 0.326 e. The van der Waals surface area contributed by atoms with Crippen LogP contribution in [-0.4, -0.2) is 69.0 Å². The van der Waals surface area contributed by atoms with E-state index < -0.39 is 60.2 Å². The first-order valence-electron chi connectivity index (χ1n) is 12.8. The smallest absolute Gasteiger partial charge is 0.326 e. The number of hydrogen-bond acceptors (Lipinski definition) is 6. The van der Waals surface area contributed by atoms with Crippen LogP contribution in [-0.2, 0) is 36.8 Å². The molecule has 0 bridgehead atoms. The normalized spacial score (nSPS) is 13.9. The van der Waals surface area contributed by atoms with Gasteiger partial charge in [0.1, 0.15) is 18.1 Å². The molecule has 0 aliphatic carbocycles. The summed E-state index contributed by atoms with van der Waals surface area (Å²) in [6, 6.07) is 11.6. The van der Waals surface area contributed by atoms with E-state index in [0.29, 0.717) is 5.56 Å². The summed E-state index contributed by atoms with van der Waals surface area (Å²) in [6.07, 6.45) is 1.22. The Labute approximate surface area is 230 Å². The molecule has 8 N–H and O–H groups in total. The van der Waals surface area contributed by atoms with Gasteiger partial charge in [-0.1, -0.05) is 48.5 Å². The number of carboxylic acid groups (broad SMARTS) is 2. The van der Waals surface area contributed by atoms with Crippen molar-refractivity contribution in [1.29, 1.82) is 0 Å². The molecule has 3 rings (SSSR count). The Morgan fingerprint density at radius 3 is 2.15 bits per heavy atom. The van der Waals surface area contributed by atoms with E-state index in [9.17, 15) is 29.1 Å². The number of rotatable bonds is 14. The van der Waals surface area contributed by atoms with Crippen LogP contribution in [0.5, 0.6) is 0 Å². The van der Waals surface area contributed by atoms with Crippen molar-refractivity contribution in [2.45, 2.75) is 56.8 Å². The zero-order chi connectivity index (χ0) is 29.2. The Morgan fingerprint density at radius 2 is 1.48 bits per heavy atom. The van der Waals surface area contributed by atoms with Crippen molar-refractivity contribution in [1.82, 2.24) is 20.9 Å². The van der Waals surface area contributed by atoms with Gasteiger partial charge in [0.2, 0.25) is 17.7 Å². The molecule has 0 saturated heterocycles. The molecule has 40 heavy (non-hydrogen) atoms. The lowest BCUT2D eigenvalue weighted by Crippen LogP contribution is -2.56. The fourth-order valence-electron chi connectivity index (χ4n) is 4.17. The molecule has 0 radical (unpaired) electrons. The van der Waals surface area contributed by atoms with Crippen LogP contribution in [0.1, 0.15) is 30.9 Å². The molecule has 0 fully saturated rings. The molecule has 0 aliphatic rings. The van der Waals surface area contributed by atoms with E-state index in [-0.39, 0.29) is 19.3 Å². The van der Waals surface area contributed by atoms with Gasteiger partial charge in [0.15, 0.2) is 0 Å². The number of hydrogen-bond donors (Lipinski definition) is 7. The molecule has 3 amide bonds. The molecule has 0 spiro atoms. The Hall–Kier alpha value is -4.71. The van der Waals surface area contributed by atoms with Gasteiger partial charge in [-0.15, -0.1) is 0 Å². The van der Waals surface area contributed by atoms with E-state index in [0.717, 1.165) is 16.5 Å². The van der Waals surface area contributed by atoms with Gasteiger partial charge in [0.25, 0.3) is 0 Å². The van der Waals surface area contributed by atoms with Crippen molar-refractivity contribution in [3.63, 3.8) is 0 Å². The third-order valence-corrected chi connectivity index (χ3v) is 6.38. The highest BCUT2D eigenvalue weighted by atomic mass is 16.4. The molecule has 12 heteroatoms. The Morgan fingerprint density at radius 1 is 0.825 bits per heavy atom. The summed E-state index contributed by atoms with van der Waals surface area (Å²) in [7, 11) is 0. The number of carbonyl (C=O) groups excluding carboxylic acids is 3. The summed E-state index contributed by atoms with van der Waals surface area (Å²) < 4.78 is 0. The van der Waals surface area contributed by atoms with Crippen LogP contribution in [0.2, 0.25) is 0 Å². The second kappa shape index (κ2) is 13.9. The lowest BCUT2D eigenvalue weighted by atomic mass is 10.0. The summed E-state index contributed by atoms with van der Waals surface area (Å²) in [5.41, 5.74) is 8.33. The number of aromatic amines is 1. The Balaban J connectivity index is 1.62. The van der Waals surface area contributed by atoms with Gasteiger partial charge >= 0.3 is 11.9 Å². The Bertz CT molecular complexity index is 1360. The highest BCUT2D eigenvalue weighted by Crippen LogP contribution is 2.19. The summed E-state index contributed by atoms with van der Waals surface area (Å²) >= 11 is 0. The van der Waals surface area contributed by atoms with Gasteiger partial charge in [-0.05, 0) is 37.0 Å². The van der Waals surface area contributed by atoms with E-state index >= 15 is 0 Å². The number of aliphatic carboxylic acids is 2. The van der Waals surface area contributed by atoms with Crippen molar-refractivity contribution >= 4 is 40.6 Å². The van der Waals surface area contributed by atoms with E-state index in [1.807, 2.05) is 30.3 Å². The first kappa shape index (κ1) is 29.8. The van der Waals surface area contributed by atoms with Gasteiger partial charge < -0.3 is 36.9 Å². The maximum absolute atomic E-state index is 12.9. The van der Waals surface area contributed by atoms with Gasteiger partial charge in [0, 0.05) is 29.9 Å². The molecule has 3 aromatic rings. The van der Waals surface area contributed by atoms with Crippen LogP contribution in [0.3, 0.4) is 0 Å². The average Bonchev–Trinajstić information content (AvgIpc) is 3.33. The lowest BCUT2D eigenvalue weighted by molar-refractivity contribution is -0.142. The average molecular weight is 552 g/mol. The number of amides is 3. The van der Waals surface area contributed by atoms with Crippen LogP contribution >= 0.6 is 0 Å². The Kier molecular flexibility index (Phi) is 10.4. The molecule has 0 aliphatic heterocycles. The van der Waals surface area contributed by atoms with Crippen LogP contribution in [0.25, 0.3) is 10.9 Å². The van der Waals surface area contributed by atoms with Crippen molar-refractivity contribution in [2.75, 3.05) is 0 Å². The molecular weight excluding hydrogens is 518 g/mol. The van der Waals surface area contributed by atoms with Gasteiger partial charge in [0.05, 0.1) is 6.04 Å². The molecule has 212 valence electrons. The second-order valence-electron chi connectivity index (χ2n) is 9.48. The van der Waals surface area contributed by atoms with Crippen molar-refractivity contribution in [3.8, 4) is 0 Å². The molecule has 4 atom stereocenters. The number of nitrogens with two attached hydrogens (primary N) is 1. The number of carbonyl (C=O) groups is 5. The zero-order valence-corrected chi connectivity index (χ0v) is 21.9. The molecule has 2 aromatic carbocycles. The minimum absolute atomic E-state index is 0.00233. The van der Waals surface area contributed by atoms with Crippen molar-refractivity contribution < 1.29 is 34.2 Å². The van der Waals surface area contributed by atoms with E-state index in [1.54, 1.807) is 30.5 Å². The fourth-order valence-corrected chi connectivity index (χ4v) is 4.17. The summed E-state index contributed by atoms with van der Waals surface area (Å²) in [5.74, 6) is -4.64. The van der Waals surface area contributed by atoms with Crippen LogP contribution in [0.15, 0.2) is 60.8 Å². The molecule has 4 unspecified atom stereocenters. The number of carboxylic acids is 2. The van der Waals surface area contributed by atoms with Gasteiger partial charge in [-0.3, -0.25) is 19.2 Å². The third kappa shape index (κ3) is 8.40. The minimum atomic E-state index is -1.28. The monoisotopic (exact) mass is 551 g/mol. The van der Waals surface area contributed by atoms with E-state index in [1.165, 1.54) is 6.92 Å². The predicted molar refractivity (Wildman–Crippen MR) is 146 cm³/mol. The molecule has 12 nitrogen and oxygen atoms in total. The minimum Gasteiger partial charge on any atom is -0.481 e. The quantitative estimate of drug-likeness (QED) is 0.152. The highest BCUT2D eigenvalue weighted by Gasteiger charge is 2.29. The first-order chi connectivity index (χ1) is 19.0. The SMILES string of the molecule is CC(NC(=O)C(CCC(=O)O)NC(=O)C(N)Cc1ccccc1)C(=O)NC(Cc1c[nH]c2ccccc12)C(=O)O. The summed E-state index contributed by atoms with van der Waals surface area (Å²) in [5, 5.41) is 26.9. The number of benzene rings is 2. The lowest BCUT2D eigenvalue weighted by Gasteiger charge is -2.23. The summed E-state index contributed by atoms with van der Waals surface area (Å²) in [4.78, 5) is 64.5. The summed E-state index contributed by atoms with van der Waals surface area (Å²) in [6.45, 7) is 1.36. The number of nitrogens with one attached hydrogen (secondary N) is 4. The largest absolute Gasteiger partial charge is 0.481 e. The molecule has 1 aromatic heterocycles. The number of aromatic nitrogens is 1. The molecule has 0 saturated carbocycles. The number of fused-ring (bicyclic) bond motifs is 1. The third-order valence-electron chi connectivity index (χ3n) is 6.38. The van der Waals surface area contributed by atoms with E-state index in [2.05, 4.69) is 20.9 Å². The van der Waals surface area contributed by atoms with E-state index in [4.69, 9.17) is 10.8 Å². The standard InChI is InChI=1S/C28H33N5O7/c1-16(25(36)33-23(28(39)40)14-18-15-30-21-10-6-5-9-19(18)21)31-27(38)22(11-12-24(34)35)32-26(37)20(29)13-17-7-3-2-4-8-17/h2-10,15-16,20,22-23,30H,11-14,29H2,1H3,(H,31,38)(H,32,37)(H,33,36)(H,34,35)(H,39,40). The zero-order valence-electron chi connectivity index (χ0n) is 21.9. The number of H-pyrrole nitrogens is 1. The number of para-hydroxylation sites is 1. The van der Waals surface area contributed by atoms with Crippen molar-refractivity contribution in [3.05, 3.63) is 71.9 Å². The second-order valence-corrected chi connectivity index (χ2v) is 9.48. The molecular formula is C28H33N5O7. The fraction of sp³-hybridized carbons (Fsp3) is 0.321. The van der Waals surface area contributed by atoms with Crippen LogP contribution in [0, 0.1) is 0 Å². The topological polar surface area (TPSA) is 204 Å². The predicted octanol–water partition coefficient (Wildman–Crippen LogP) is 0.704. The maximum atomic E-state index is 12.9. The van der Waals surface area contributed by atoms with Crippen LogP contribution in [0.4, 0.5) is 0 Å². The molecule has 1 heterocycles. The highest BCUT2D eigenvalue weighted by molar-refractivity contribution is 5.94. The van der Waals surface area contributed by atoms with Crippen LogP contribution < -0.4 is 21.7 Å². The van der Waals surface area contributed by atoms with Crippen molar-refractivity contribution in [2.24, 2.45) is 5.73 Å². The first-order valence-corrected chi connectivity index (χ1v) is 12.8. The van der Waals surface area contributed by atoms with Gasteiger partial charge in [-0.25, -0.2) is 4.79 Å². The van der Waals surface area contributed by atoms with Gasteiger partial charge in [-0.2, -0.15) is 0 Å².